The molecule has 3 aromatic heterocycles. The highest BCUT2D eigenvalue weighted by Crippen LogP contribution is 2.36. The molecule has 4 amide bonds. The summed E-state index contributed by atoms with van der Waals surface area (Å²) in [6, 6.07) is 8.43. The highest BCUT2D eigenvalue weighted by Gasteiger charge is 2.40. The van der Waals surface area contributed by atoms with Crippen molar-refractivity contribution in [2.45, 2.75) is 88.9 Å². The quantitative estimate of drug-likeness (QED) is 0.0908. The maximum Gasteiger partial charge on any atom is 0.284 e. The van der Waals surface area contributed by atoms with Crippen LogP contribution >= 0.6 is 0 Å². The number of amides is 4. The number of nitrogens with one attached hydrogen (secondary N) is 4. The monoisotopic (exact) mass is 897 g/mol. The van der Waals surface area contributed by atoms with Gasteiger partial charge in [-0.05, 0) is 94.5 Å². The van der Waals surface area contributed by atoms with E-state index in [4.69, 9.17) is 9.15 Å². The van der Waals surface area contributed by atoms with Crippen molar-refractivity contribution in [3.8, 4) is 11.5 Å². The van der Waals surface area contributed by atoms with E-state index in [0.29, 0.717) is 54.9 Å². The SMILES string of the molecule is CN(CCN1CCO[C@@H](CCNc2cccc3c2CN(C2CCC(=O)NC2=O)C3=O)C1)C[C@H]1CC[C@H](n2cc(NC(=O)c3coc(-c4ccnc(NCC5CC5)c4)n3)c(C(F)F)n2)CC1. The van der Waals surface area contributed by atoms with Crippen LogP contribution in [0.25, 0.3) is 11.5 Å². The molecule has 2 saturated carbocycles. The smallest absolute Gasteiger partial charge is 0.284 e. The molecule has 1 aromatic carbocycles. The number of halogens is 2. The van der Waals surface area contributed by atoms with E-state index in [-0.39, 0.29) is 47.7 Å². The maximum absolute atomic E-state index is 14.2. The number of carbonyl (C=O) groups is 4. The second kappa shape index (κ2) is 19.8. The molecule has 2 saturated heterocycles. The molecule has 2 atom stereocenters. The van der Waals surface area contributed by atoms with Gasteiger partial charge in [-0.1, -0.05) is 6.07 Å². The Balaban J connectivity index is 0.699. The lowest BCUT2D eigenvalue weighted by Gasteiger charge is -2.35. The Morgan fingerprint density at radius 3 is 2.66 bits per heavy atom. The summed E-state index contributed by atoms with van der Waals surface area (Å²) in [4.78, 5) is 65.7. The van der Waals surface area contributed by atoms with Gasteiger partial charge in [-0.25, -0.2) is 18.7 Å². The molecule has 65 heavy (non-hydrogen) atoms. The van der Waals surface area contributed by atoms with Crippen molar-refractivity contribution in [3.05, 3.63) is 71.5 Å². The number of oxazole rings is 1. The predicted molar refractivity (Wildman–Crippen MR) is 236 cm³/mol. The summed E-state index contributed by atoms with van der Waals surface area (Å²) in [5.41, 5.74) is 2.43. The Morgan fingerprint density at radius 1 is 1.03 bits per heavy atom. The van der Waals surface area contributed by atoms with Crippen molar-refractivity contribution in [1.82, 2.24) is 39.8 Å². The molecule has 0 radical (unpaired) electrons. The minimum absolute atomic E-state index is 0.0292. The number of hydrogen-bond donors (Lipinski definition) is 4. The molecule has 4 aromatic rings. The number of morpholine rings is 1. The number of nitrogens with zero attached hydrogens (tertiary/aromatic N) is 7. The van der Waals surface area contributed by atoms with Gasteiger partial charge in [0, 0.05) is 93.6 Å². The Bertz CT molecular complexity index is 2360. The van der Waals surface area contributed by atoms with Crippen LogP contribution in [0.15, 0.2) is 53.4 Å². The zero-order chi connectivity index (χ0) is 45.0. The second-order valence-corrected chi connectivity index (χ2v) is 18.1. The van der Waals surface area contributed by atoms with Crippen LogP contribution in [0.3, 0.4) is 0 Å². The number of alkyl halides is 2. The Morgan fingerprint density at radius 2 is 1.86 bits per heavy atom. The zero-order valence-corrected chi connectivity index (χ0v) is 36.6. The first kappa shape index (κ1) is 44.4. The topological polar surface area (TPSA) is 192 Å². The van der Waals surface area contributed by atoms with Crippen LogP contribution in [-0.4, -0.2) is 130 Å². The summed E-state index contributed by atoms with van der Waals surface area (Å²) < 4.78 is 41.7. The zero-order valence-electron chi connectivity index (χ0n) is 36.6. The third kappa shape index (κ3) is 10.7. The van der Waals surface area contributed by atoms with Gasteiger partial charge < -0.3 is 34.9 Å². The van der Waals surface area contributed by atoms with Crippen molar-refractivity contribution in [3.63, 3.8) is 0 Å². The van der Waals surface area contributed by atoms with Crippen LogP contribution in [0.1, 0.15) is 102 Å². The lowest BCUT2D eigenvalue weighted by atomic mass is 9.86. The van der Waals surface area contributed by atoms with Gasteiger partial charge in [0.15, 0.2) is 11.4 Å². The molecule has 9 rings (SSSR count). The molecular formula is C46H57F2N11O6. The van der Waals surface area contributed by atoms with Gasteiger partial charge in [0.2, 0.25) is 17.7 Å². The van der Waals surface area contributed by atoms with E-state index in [2.05, 4.69) is 53.2 Å². The summed E-state index contributed by atoms with van der Waals surface area (Å²) in [5, 5.41) is 16.0. The Kier molecular flexibility index (Phi) is 13.5. The third-order valence-corrected chi connectivity index (χ3v) is 13.4. The summed E-state index contributed by atoms with van der Waals surface area (Å²) in [5.74, 6) is 0.490. The first-order valence-corrected chi connectivity index (χ1v) is 22.9. The molecule has 17 nitrogen and oxygen atoms in total. The first-order chi connectivity index (χ1) is 31.5. The average Bonchev–Trinajstić information content (AvgIpc) is 3.65. The van der Waals surface area contributed by atoms with Crippen molar-refractivity contribution < 1.29 is 37.1 Å². The largest absolute Gasteiger partial charge is 0.444 e. The number of aromatic nitrogens is 4. The molecule has 3 aliphatic heterocycles. The molecular weight excluding hydrogens is 841 g/mol. The van der Waals surface area contributed by atoms with Gasteiger partial charge in [0.05, 0.1) is 24.4 Å². The lowest BCUT2D eigenvalue weighted by Crippen LogP contribution is -2.52. The van der Waals surface area contributed by atoms with Crippen LogP contribution < -0.4 is 21.3 Å². The average molecular weight is 898 g/mol. The maximum atomic E-state index is 14.2. The molecule has 5 aliphatic rings. The van der Waals surface area contributed by atoms with Crippen LogP contribution in [0.5, 0.6) is 0 Å². The molecule has 19 heteroatoms. The van der Waals surface area contributed by atoms with E-state index in [0.717, 1.165) is 82.6 Å². The Hall–Kier alpha value is -5.79. The van der Waals surface area contributed by atoms with E-state index in [9.17, 15) is 28.0 Å². The number of ether oxygens (including phenoxy) is 1. The molecule has 4 fully saturated rings. The Labute approximate surface area is 376 Å². The van der Waals surface area contributed by atoms with Crippen molar-refractivity contribution in [2.24, 2.45) is 11.8 Å². The minimum atomic E-state index is -2.87. The first-order valence-electron chi connectivity index (χ1n) is 22.9. The fraction of sp³-hybridized carbons (Fsp3) is 0.543. The van der Waals surface area contributed by atoms with Crippen LogP contribution in [0.2, 0.25) is 0 Å². The van der Waals surface area contributed by atoms with Crippen LogP contribution in [-0.2, 0) is 20.9 Å². The van der Waals surface area contributed by atoms with Gasteiger partial charge in [-0.15, -0.1) is 0 Å². The third-order valence-electron chi connectivity index (χ3n) is 13.4. The van der Waals surface area contributed by atoms with Crippen molar-refractivity contribution in [2.75, 3.05) is 75.4 Å². The normalized spacial score (nSPS) is 22.7. The van der Waals surface area contributed by atoms with E-state index < -0.39 is 30.0 Å². The highest BCUT2D eigenvalue weighted by atomic mass is 19.3. The number of fused-ring (bicyclic) bond motifs is 1. The predicted octanol–water partition coefficient (Wildman–Crippen LogP) is 5.57. The summed E-state index contributed by atoms with van der Waals surface area (Å²) in [6.07, 6.45) is 8.80. The van der Waals surface area contributed by atoms with E-state index >= 15 is 0 Å². The summed E-state index contributed by atoms with van der Waals surface area (Å²) in [6.45, 7) is 6.95. The molecule has 346 valence electrons. The van der Waals surface area contributed by atoms with Gasteiger partial charge in [0.25, 0.3) is 18.2 Å². The molecule has 2 aliphatic carbocycles. The van der Waals surface area contributed by atoms with Crippen molar-refractivity contribution >= 4 is 40.8 Å². The highest BCUT2D eigenvalue weighted by molar-refractivity contribution is 6.06. The standard InChI is InChI=1S/C46H57F2N11O6/c1-56(17-18-57-19-20-64-32(24-57)14-16-49-35-4-2-3-33-34(35)25-58(46(33)63)38-11-12-40(60)54-44(38)62)23-29-7-9-31(10-8-29)59-26-36(41(55-59)42(47)48)52-43(61)37-27-65-45(53-37)30-13-15-50-39(21-30)51-22-28-5-6-28/h2-4,13,15,21,26-29,31-32,38,42,49H,5-12,14,16-20,22-25H2,1H3,(H,50,51)(H,52,61)(H,54,60,62)/t29-,31-,32-,38?/m0/s1. The second-order valence-electron chi connectivity index (χ2n) is 18.1. The fourth-order valence-electron chi connectivity index (χ4n) is 9.49. The number of pyridine rings is 1. The van der Waals surface area contributed by atoms with Crippen LogP contribution in [0.4, 0.5) is 26.0 Å². The molecule has 0 spiro atoms. The van der Waals surface area contributed by atoms with Crippen molar-refractivity contribution in [1.29, 1.82) is 0 Å². The van der Waals surface area contributed by atoms with Gasteiger partial charge >= 0.3 is 0 Å². The molecule has 0 bridgehead atoms. The number of anilines is 3. The van der Waals surface area contributed by atoms with Gasteiger partial charge in [0.1, 0.15) is 18.1 Å². The van der Waals surface area contributed by atoms with E-state index in [1.165, 1.54) is 25.3 Å². The van der Waals surface area contributed by atoms with Gasteiger partial charge in [-0.2, -0.15) is 5.10 Å². The summed E-state index contributed by atoms with van der Waals surface area (Å²) >= 11 is 0. The number of likely N-dealkylation sites (N-methyl/N-ethyl adjacent to an activating group) is 1. The summed E-state index contributed by atoms with van der Waals surface area (Å²) in [7, 11) is 2.15. The number of piperidine rings is 1. The molecule has 6 heterocycles. The number of hydrogen-bond acceptors (Lipinski definition) is 13. The van der Waals surface area contributed by atoms with E-state index in [1.807, 2.05) is 12.1 Å². The number of benzene rings is 1. The van der Waals surface area contributed by atoms with E-state index in [1.54, 1.807) is 34.0 Å². The van der Waals surface area contributed by atoms with Gasteiger partial charge in [-0.3, -0.25) is 34.1 Å². The minimum Gasteiger partial charge on any atom is -0.444 e. The number of carbonyl (C=O) groups excluding carboxylic acids is 4. The number of imide groups is 1. The van der Waals surface area contributed by atoms with Crippen LogP contribution in [0, 0.1) is 11.8 Å². The molecule has 4 N–H and O–H groups in total. The number of rotatable bonds is 18. The fourth-order valence-corrected chi connectivity index (χ4v) is 9.49. The molecule has 1 unspecified atom stereocenters. The lowest BCUT2D eigenvalue weighted by molar-refractivity contribution is -0.136.